The zero-order valence-corrected chi connectivity index (χ0v) is 12.1. The van der Waals surface area contributed by atoms with Crippen molar-refractivity contribution in [1.82, 2.24) is 5.32 Å². The maximum absolute atomic E-state index is 10.9. The summed E-state index contributed by atoms with van der Waals surface area (Å²) in [6.07, 6.45) is 2.41. The first-order chi connectivity index (χ1) is 8.61. The van der Waals surface area contributed by atoms with Gasteiger partial charge in [0.15, 0.2) is 0 Å². The highest BCUT2D eigenvalue weighted by Crippen LogP contribution is 2.21. The molecule has 1 unspecified atom stereocenters. The summed E-state index contributed by atoms with van der Waals surface area (Å²) in [6, 6.07) is 8.59. The number of amides is 1. The van der Waals surface area contributed by atoms with Crippen molar-refractivity contribution < 1.29 is 4.79 Å². The van der Waals surface area contributed by atoms with E-state index in [4.69, 9.17) is 0 Å². The predicted octanol–water partition coefficient (Wildman–Crippen LogP) is 3.13. The molecule has 1 atom stereocenters. The smallest absolute Gasteiger partial charge is 0.221 e. The summed E-state index contributed by atoms with van der Waals surface area (Å²) < 4.78 is 0. The molecule has 100 valence electrons. The molecule has 1 aromatic rings. The average molecular weight is 266 g/mol. The number of thioether (sulfide) groups is 1. The van der Waals surface area contributed by atoms with E-state index in [0.29, 0.717) is 6.04 Å². The lowest BCUT2D eigenvalue weighted by atomic mass is 10.2. The molecule has 0 aliphatic carbocycles. The van der Waals surface area contributed by atoms with E-state index in [-0.39, 0.29) is 5.91 Å². The number of hydrogen-bond donors (Lipinski definition) is 2. The Kier molecular flexibility index (Phi) is 6.83. The van der Waals surface area contributed by atoms with Crippen molar-refractivity contribution in [2.75, 3.05) is 18.1 Å². The molecule has 0 spiro atoms. The summed E-state index contributed by atoms with van der Waals surface area (Å²) in [5, 5.41) is 6.01. The van der Waals surface area contributed by atoms with E-state index in [9.17, 15) is 4.79 Å². The van der Waals surface area contributed by atoms with Crippen LogP contribution in [0.3, 0.4) is 0 Å². The second-order valence-electron chi connectivity index (χ2n) is 4.39. The van der Waals surface area contributed by atoms with Gasteiger partial charge < -0.3 is 10.6 Å². The van der Waals surface area contributed by atoms with Crippen LogP contribution in [-0.4, -0.2) is 24.7 Å². The lowest BCUT2D eigenvalue weighted by Gasteiger charge is -2.09. The summed E-state index contributed by atoms with van der Waals surface area (Å²) in [6.45, 7) is 3.72. The van der Waals surface area contributed by atoms with Crippen LogP contribution in [0, 0.1) is 0 Å². The maximum atomic E-state index is 10.9. The number of carbonyl (C=O) groups excluding carboxylic acids is 1. The van der Waals surface area contributed by atoms with Gasteiger partial charge in [0, 0.05) is 23.5 Å². The van der Waals surface area contributed by atoms with Crippen molar-refractivity contribution in [3.05, 3.63) is 24.3 Å². The van der Waals surface area contributed by atoms with Crippen molar-refractivity contribution in [2.45, 2.75) is 37.6 Å². The van der Waals surface area contributed by atoms with Gasteiger partial charge in [0.1, 0.15) is 0 Å². The number of nitrogens with one attached hydrogen (secondary N) is 2. The third-order valence-corrected chi connectivity index (χ3v) is 3.82. The fourth-order valence-corrected chi connectivity index (χ4v) is 2.44. The Morgan fingerprint density at radius 2 is 2.00 bits per heavy atom. The highest BCUT2D eigenvalue weighted by atomic mass is 32.2. The molecule has 0 saturated carbocycles. The summed E-state index contributed by atoms with van der Waals surface area (Å²) in [5.74, 6) is 1.10. The first-order valence-corrected chi connectivity index (χ1v) is 7.28. The van der Waals surface area contributed by atoms with E-state index in [2.05, 4.69) is 29.7 Å². The normalized spacial score (nSPS) is 12.2. The Morgan fingerprint density at radius 1 is 1.33 bits per heavy atom. The molecule has 3 nitrogen and oxygen atoms in total. The zero-order chi connectivity index (χ0) is 13.4. The van der Waals surface area contributed by atoms with E-state index >= 15 is 0 Å². The topological polar surface area (TPSA) is 41.1 Å². The average Bonchev–Trinajstić information content (AvgIpc) is 2.35. The van der Waals surface area contributed by atoms with Gasteiger partial charge >= 0.3 is 0 Å². The lowest BCUT2D eigenvalue weighted by Crippen LogP contribution is -2.20. The van der Waals surface area contributed by atoms with Crippen LogP contribution in [0.25, 0.3) is 0 Å². The van der Waals surface area contributed by atoms with Gasteiger partial charge in [0.05, 0.1) is 0 Å². The number of benzene rings is 1. The predicted molar refractivity (Wildman–Crippen MR) is 79.2 cm³/mol. The van der Waals surface area contributed by atoms with Crippen molar-refractivity contribution in [3.8, 4) is 0 Å². The van der Waals surface area contributed by atoms with Gasteiger partial charge in [-0.3, -0.25) is 4.79 Å². The molecule has 0 heterocycles. The van der Waals surface area contributed by atoms with Crippen LogP contribution in [0.1, 0.15) is 26.7 Å². The van der Waals surface area contributed by atoms with E-state index in [0.717, 1.165) is 11.4 Å². The van der Waals surface area contributed by atoms with Gasteiger partial charge in [0.25, 0.3) is 0 Å². The van der Waals surface area contributed by atoms with Crippen LogP contribution in [0.4, 0.5) is 5.69 Å². The van der Waals surface area contributed by atoms with Gasteiger partial charge in [-0.1, -0.05) is 0 Å². The number of anilines is 1. The van der Waals surface area contributed by atoms with E-state index in [1.807, 2.05) is 30.9 Å². The van der Waals surface area contributed by atoms with Gasteiger partial charge in [0.2, 0.25) is 5.91 Å². The third-order valence-electron chi connectivity index (χ3n) is 2.72. The molecule has 0 aliphatic heterocycles. The van der Waals surface area contributed by atoms with Crippen LogP contribution in [0.15, 0.2) is 29.2 Å². The van der Waals surface area contributed by atoms with Crippen molar-refractivity contribution in [3.63, 3.8) is 0 Å². The Morgan fingerprint density at radius 3 is 2.56 bits per heavy atom. The Hall–Kier alpha value is -1.00. The third kappa shape index (κ3) is 6.07. The molecule has 4 heteroatoms. The molecule has 0 bridgehead atoms. The fraction of sp³-hybridized carbons (Fsp3) is 0.500. The highest BCUT2D eigenvalue weighted by Gasteiger charge is 2.00. The molecule has 2 N–H and O–H groups in total. The van der Waals surface area contributed by atoms with Gasteiger partial charge in [-0.05, 0) is 56.8 Å². The zero-order valence-electron chi connectivity index (χ0n) is 11.3. The number of hydrogen-bond acceptors (Lipinski definition) is 3. The van der Waals surface area contributed by atoms with Crippen LogP contribution in [0.2, 0.25) is 0 Å². The first kappa shape index (κ1) is 15.1. The van der Waals surface area contributed by atoms with Crippen molar-refractivity contribution in [2.24, 2.45) is 0 Å². The van der Waals surface area contributed by atoms with Crippen LogP contribution in [-0.2, 0) is 4.79 Å². The van der Waals surface area contributed by atoms with Gasteiger partial charge in [-0.2, -0.15) is 0 Å². The first-order valence-electron chi connectivity index (χ1n) is 6.29. The van der Waals surface area contributed by atoms with E-state index in [1.54, 1.807) is 0 Å². The van der Waals surface area contributed by atoms with Crippen molar-refractivity contribution >= 4 is 23.4 Å². The summed E-state index contributed by atoms with van der Waals surface area (Å²) in [7, 11) is 2.00. The Bertz CT molecular complexity index is 365. The molecule has 1 aromatic carbocycles. The van der Waals surface area contributed by atoms with Gasteiger partial charge in [-0.25, -0.2) is 0 Å². The van der Waals surface area contributed by atoms with Crippen LogP contribution >= 0.6 is 11.8 Å². The van der Waals surface area contributed by atoms with Crippen LogP contribution < -0.4 is 10.6 Å². The van der Waals surface area contributed by atoms with E-state index in [1.165, 1.54) is 24.7 Å². The highest BCUT2D eigenvalue weighted by molar-refractivity contribution is 7.99. The van der Waals surface area contributed by atoms with Crippen LogP contribution in [0.5, 0.6) is 0 Å². The summed E-state index contributed by atoms with van der Waals surface area (Å²) in [5.41, 5.74) is 0.857. The summed E-state index contributed by atoms with van der Waals surface area (Å²) >= 11 is 1.86. The second-order valence-corrected chi connectivity index (χ2v) is 5.55. The minimum atomic E-state index is -0.0311. The maximum Gasteiger partial charge on any atom is 0.221 e. The fourth-order valence-electron chi connectivity index (χ4n) is 1.56. The monoisotopic (exact) mass is 266 g/mol. The number of rotatable bonds is 7. The molecule has 0 aromatic heterocycles. The standard InChI is InChI=1S/C14H22N2OS/c1-11(15-3)5-4-10-18-14-8-6-13(7-9-14)16-12(2)17/h6-9,11,15H,4-5,10H2,1-3H3,(H,16,17). The quantitative estimate of drug-likeness (QED) is 0.588. The molecular weight excluding hydrogens is 244 g/mol. The van der Waals surface area contributed by atoms with Gasteiger partial charge in [-0.15, -0.1) is 11.8 Å². The molecule has 0 radical (unpaired) electrons. The summed E-state index contributed by atoms with van der Waals surface area (Å²) in [4.78, 5) is 12.1. The Balaban J connectivity index is 2.28. The molecule has 1 amide bonds. The molecule has 0 aliphatic rings. The molecule has 0 saturated heterocycles. The van der Waals surface area contributed by atoms with E-state index < -0.39 is 0 Å². The second kappa shape index (κ2) is 8.16. The lowest BCUT2D eigenvalue weighted by molar-refractivity contribution is -0.114. The molecule has 0 fully saturated rings. The largest absolute Gasteiger partial charge is 0.326 e. The minimum Gasteiger partial charge on any atom is -0.326 e. The molecule has 1 rings (SSSR count). The Labute approximate surface area is 114 Å². The minimum absolute atomic E-state index is 0.0311. The molecular formula is C14H22N2OS. The number of carbonyl (C=O) groups is 1. The molecule has 18 heavy (non-hydrogen) atoms. The van der Waals surface area contributed by atoms with Crippen molar-refractivity contribution in [1.29, 1.82) is 0 Å². The SMILES string of the molecule is CNC(C)CCCSc1ccc(NC(C)=O)cc1.